The Bertz CT molecular complexity index is 3070. The van der Waals surface area contributed by atoms with Crippen LogP contribution in [0, 0.1) is 13.8 Å². The van der Waals surface area contributed by atoms with Crippen LogP contribution in [0.4, 0.5) is 34.1 Å². The lowest BCUT2D eigenvalue weighted by Crippen LogP contribution is -2.61. The van der Waals surface area contributed by atoms with E-state index in [2.05, 4.69) is 247 Å². The molecule has 0 spiro atoms. The van der Waals surface area contributed by atoms with E-state index in [1.54, 1.807) is 0 Å². The average molecular weight is 865 g/mol. The van der Waals surface area contributed by atoms with Crippen LogP contribution < -0.4 is 26.2 Å². The highest BCUT2D eigenvalue weighted by Crippen LogP contribution is 2.54. The van der Waals surface area contributed by atoms with E-state index in [9.17, 15) is 0 Å². The van der Waals surface area contributed by atoms with Gasteiger partial charge in [0, 0.05) is 34.0 Å². The number of hydrogen-bond acceptors (Lipinski definition) is 2. The van der Waals surface area contributed by atoms with E-state index >= 15 is 0 Å². The lowest BCUT2D eigenvalue weighted by molar-refractivity contribution is 0.403. The average Bonchev–Trinajstić information content (AvgIpc) is 3.43. The molecule has 3 aliphatic rings. The summed E-state index contributed by atoms with van der Waals surface area (Å²) in [5.41, 5.74) is 26.3. The first-order valence-electron chi connectivity index (χ1n) is 24.4. The van der Waals surface area contributed by atoms with Crippen molar-refractivity contribution in [3.05, 3.63) is 172 Å². The molecule has 0 aromatic heterocycles. The molecule has 7 aromatic rings. The molecule has 0 fully saturated rings. The quantitative estimate of drug-likeness (QED) is 0.163. The maximum atomic E-state index is 2.67. The van der Waals surface area contributed by atoms with Crippen LogP contribution in [0.3, 0.4) is 0 Å². The van der Waals surface area contributed by atoms with Crippen LogP contribution in [0.2, 0.25) is 0 Å². The lowest BCUT2D eigenvalue weighted by atomic mass is 9.33. The molecule has 0 saturated heterocycles. The smallest absolute Gasteiger partial charge is 0.252 e. The van der Waals surface area contributed by atoms with Crippen molar-refractivity contribution in [2.24, 2.45) is 0 Å². The molecule has 2 aliphatic heterocycles. The van der Waals surface area contributed by atoms with Crippen LogP contribution in [0.25, 0.3) is 22.3 Å². The Kier molecular flexibility index (Phi) is 9.92. The highest BCUT2D eigenvalue weighted by Gasteiger charge is 2.48. The molecule has 0 radical (unpaired) electrons. The standard InChI is InChI=1S/C63H69BN2/c1-39-31-56-58-57(32-39)66(53-30-27-46(61(9,10)11)35-47(53)42-19-17-16-18-20-42)55-37-49-48(62(12,13)38-63(49,14)15)36-51(55)64(58)50-34-43(41-21-24-44(25-22-41)59(3,4)5)23-28-54(50)65(56)52-29-26-45(33-40(52)2)60(6,7)8/h16-37H,38H2,1-15H3. The number of rotatable bonds is 4. The molecule has 7 aromatic carbocycles. The zero-order valence-electron chi connectivity index (χ0n) is 42.4. The van der Waals surface area contributed by atoms with Crippen LogP contribution in [0.5, 0.6) is 0 Å². The zero-order valence-corrected chi connectivity index (χ0v) is 42.4. The van der Waals surface area contributed by atoms with Gasteiger partial charge >= 0.3 is 0 Å². The first kappa shape index (κ1) is 44.1. The lowest BCUT2D eigenvalue weighted by Gasteiger charge is -2.45. The molecule has 10 rings (SSSR count). The van der Waals surface area contributed by atoms with Gasteiger partial charge in [-0.25, -0.2) is 0 Å². The van der Waals surface area contributed by atoms with Gasteiger partial charge < -0.3 is 9.80 Å². The molecule has 0 atom stereocenters. The van der Waals surface area contributed by atoms with Crippen molar-refractivity contribution in [3.63, 3.8) is 0 Å². The van der Waals surface area contributed by atoms with Crippen molar-refractivity contribution < 1.29 is 0 Å². The monoisotopic (exact) mass is 865 g/mol. The third-order valence-electron chi connectivity index (χ3n) is 15.3. The molecular formula is C63H69BN2. The molecule has 0 saturated carbocycles. The summed E-state index contributed by atoms with van der Waals surface area (Å²) in [5, 5.41) is 0. The van der Waals surface area contributed by atoms with Gasteiger partial charge in [-0.3, -0.25) is 0 Å². The number of benzene rings is 7. The fourth-order valence-electron chi connectivity index (χ4n) is 11.9. The van der Waals surface area contributed by atoms with Crippen LogP contribution >= 0.6 is 0 Å². The Morgan fingerprint density at radius 1 is 0.424 bits per heavy atom. The number of anilines is 6. The van der Waals surface area contributed by atoms with Crippen molar-refractivity contribution in [1.82, 2.24) is 0 Å². The second kappa shape index (κ2) is 14.9. The van der Waals surface area contributed by atoms with E-state index in [0.717, 1.165) is 6.42 Å². The van der Waals surface area contributed by atoms with E-state index in [0.29, 0.717) is 0 Å². The summed E-state index contributed by atoms with van der Waals surface area (Å²) >= 11 is 0. The third-order valence-corrected chi connectivity index (χ3v) is 15.3. The van der Waals surface area contributed by atoms with Crippen molar-refractivity contribution in [2.75, 3.05) is 9.80 Å². The molecule has 0 N–H and O–H groups in total. The Hall–Kier alpha value is -5.80. The van der Waals surface area contributed by atoms with Crippen molar-refractivity contribution in [1.29, 1.82) is 0 Å². The molecule has 1 aliphatic carbocycles. The Balaban J connectivity index is 1.32. The van der Waals surface area contributed by atoms with E-state index in [-0.39, 0.29) is 33.8 Å². The molecule has 0 bridgehead atoms. The van der Waals surface area contributed by atoms with Gasteiger partial charge in [0.05, 0.1) is 5.69 Å². The molecule has 0 amide bonds. The van der Waals surface area contributed by atoms with E-state index < -0.39 is 0 Å². The minimum Gasteiger partial charge on any atom is -0.311 e. The van der Waals surface area contributed by atoms with Gasteiger partial charge in [-0.2, -0.15) is 0 Å². The predicted octanol–water partition coefficient (Wildman–Crippen LogP) is 15.6. The van der Waals surface area contributed by atoms with Crippen LogP contribution in [-0.4, -0.2) is 6.71 Å². The van der Waals surface area contributed by atoms with Gasteiger partial charge in [0.25, 0.3) is 6.71 Å². The molecule has 2 nitrogen and oxygen atoms in total. The summed E-state index contributed by atoms with van der Waals surface area (Å²) in [4.78, 5) is 5.28. The van der Waals surface area contributed by atoms with Gasteiger partial charge in [-0.15, -0.1) is 0 Å². The maximum Gasteiger partial charge on any atom is 0.252 e. The molecule has 0 unspecified atom stereocenters. The van der Waals surface area contributed by atoms with Crippen LogP contribution in [-0.2, 0) is 27.1 Å². The fourth-order valence-corrected chi connectivity index (χ4v) is 11.9. The fraction of sp³-hybridized carbons (Fsp3) is 0.333. The first-order valence-corrected chi connectivity index (χ1v) is 24.4. The topological polar surface area (TPSA) is 6.48 Å². The summed E-state index contributed by atoms with van der Waals surface area (Å²) in [5.74, 6) is 0. The van der Waals surface area contributed by atoms with E-state index in [4.69, 9.17) is 0 Å². The van der Waals surface area contributed by atoms with Gasteiger partial charge in [0.1, 0.15) is 0 Å². The molecule has 2 heterocycles. The first-order chi connectivity index (χ1) is 30.9. The van der Waals surface area contributed by atoms with Crippen molar-refractivity contribution >= 4 is 57.2 Å². The maximum absolute atomic E-state index is 2.67. The predicted molar refractivity (Wildman–Crippen MR) is 288 cm³/mol. The normalized spacial score (nSPS) is 15.9. The highest BCUT2D eigenvalue weighted by molar-refractivity contribution is 7.00. The summed E-state index contributed by atoms with van der Waals surface area (Å²) in [6, 6.07) is 52.4. The Morgan fingerprint density at radius 2 is 0.924 bits per heavy atom. The number of hydrogen-bond donors (Lipinski definition) is 0. The molecule has 3 heteroatoms. The third kappa shape index (κ3) is 7.15. The summed E-state index contributed by atoms with van der Waals surface area (Å²) < 4.78 is 0. The number of fused-ring (bicyclic) bond motifs is 5. The van der Waals surface area contributed by atoms with Gasteiger partial charge in [0.2, 0.25) is 0 Å². The SMILES string of the molecule is Cc1cc2c3c(c1)N(c1ccc(C(C)(C)C)cc1-c1ccccc1)c1cc4c(cc1B3c1cc(-c3ccc(C(C)(C)C)cc3)ccc1N2c1ccc(C(C)(C)C)cc1C)C(C)(C)CC4(C)C. The largest absolute Gasteiger partial charge is 0.311 e. The van der Waals surface area contributed by atoms with Crippen molar-refractivity contribution in [3.8, 4) is 22.3 Å². The van der Waals surface area contributed by atoms with Gasteiger partial charge in [-0.1, -0.05) is 181 Å². The van der Waals surface area contributed by atoms with Crippen molar-refractivity contribution in [2.45, 2.75) is 137 Å². The van der Waals surface area contributed by atoms with Crippen LogP contribution in [0.1, 0.15) is 135 Å². The summed E-state index contributed by atoms with van der Waals surface area (Å²) in [7, 11) is 0. The molecule has 66 heavy (non-hydrogen) atoms. The summed E-state index contributed by atoms with van der Waals surface area (Å²) in [6.45, 7) is 35.3. The second-order valence-electron chi connectivity index (χ2n) is 24.4. The highest BCUT2D eigenvalue weighted by atomic mass is 15.2. The number of nitrogens with zero attached hydrogens (tertiary/aromatic N) is 2. The van der Waals surface area contributed by atoms with Crippen LogP contribution in [0.15, 0.2) is 133 Å². The van der Waals surface area contributed by atoms with Gasteiger partial charge in [0.15, 0.2) is 0 Å². The Labute approximate surface area is 397 Å². The molecular weight excluding hydrogens is 796 g/mol. The van der Waals surface area contributed by atoms with Gasteiger partial charge in [-0.05, 0) is 162 Å². The second-order valence-corrected chi connectivity index (χ2v) is 24.4. The van der Waals surface area contributed by atoms with E-state index in [1.165, 1.54) is 112 Å². The summed E-state index contributed by atoms with van der Waals surface area (Å²) in [6.07, 6.45) is 1.11. The Morgan fingerprint density at radius 3 is 1.52 bits per heavy atom. The molecule has 334 valence electrons. The minimum atomic E-state index is -0.0126. The minimum absolute atomic E-state index is 0.00916. The zero-order chi connectivity index (χ0) is 47.0. The van der Waals surface area contributed by atoms with E-state index in [1.807, 2.05) is 0 Å². The number of aryl methyl sites for hydroxylation is 2.